The number of hydrogen-bond acceptors (Lipinski definition) is 2. The van der Waals surface area contributed by atoms with Crippen LogP contribution in [0.1, 0.15) is 67.6 Å². The smallest absolute Gasteiger partial charge is 0.335 e. The number of hydrogen-bond donors (Lipinski definition) is 2. The molecule has 1 aliphatic carbocycles. The molecule has 1 aliphatic rings. The van der Waals surface area contributed by atoms with Crippen molar-refractivity contribution in [2.75, 3.05) is 0 Å². The molecule has 0 aliphatic heterocycles. The van der Waals surface area contributed by atoms with Crippen molar-refractivity contribution in [3.05, 3.63) is 82.9 Å². The van der Waals surface area contributed by atoms with Crippen LogP contribution in [0.3, 0.4) is 0 Å². The molecule has 0 atom stereocenters. The first-order valence-corrected chi connectivity index (χ1v) is 10.8. The Morgan fingerprint density at radius 1 is 0.742 bits per heavy atom. The van der Waals surface area contributed by atoms with Crippen LogP contribution >= 0.6 is 0 Å². The van der Waals surface area contributed by atoms with Gasteiger partial charge >= 0.3 is 5.97 Å². The first kappa shape index (κ1) is 21.3. The molecule has 31 heavy (non-hydrogen) atoms. The van der Waals surface area contributed by atoms with Crippen LogP contribution in [0.25, 0.3) is 22.3 Å². The second-order valence-electron chi connectivity index (χ2n) is 9.99. The number of aromatic carboxylic acids is 1. The highest BCUT2D eigenvalue weighted by Gasteiger charge is 2.36. The van der Waals surface area contributed by atoms with E-state index in [4.69, 9.17) is 5.11 Å². The van der Waals surface area contributed by atoms with E-state index in [9.17, 15) is 9.90 Å². The zero-order chi connectivity index (χ0) is 22.4. The molecule has 0 radical (unpaired) electrons. The Labute approximate surface area is 184 Å². The topological polar surface area (TPSA) is 57.5 Å². The van der Waals surface area contributed by atoms with Crippen molar-refractivity contribution < 1.29 is 15.0 Å². The van der Waals surface area contributed by atoms with Crippen LogP contribution in [0.2, 0.25) is 0 Å². The molecule has 3 aromatic carbocycles. The SMILES string of the molecule is CC1(C)CCC(C)(C)c2cc(-c3cc(CO)cc(-c4ccc(C(=O)O)cc4)c3)ccc21. The summed E-state index contributed by atoms with van der Waals surface area (Å²) in [6.45, 7) is 9.25. The molecular weight excluding hydrogens is 384 g/mol. The normalized spacial score (nSPS) is 16.5. The highest BCUT2D eigenvalue weighted by molar-refractivity contribution is 5.88. The van der Waals surface area contributed by atoms with Crippen LogP contribution in [0.15, 0.2) is 60.7 Å². The second kappa shape index (κ2) is 7.65. The number of carboxylic acid groups (broad SMARTS) is 1. The van der Waals surface area contributed by atoms with Gasteiger partial charge in [0.15, 0.2) is 0 Å². The second-order valence-corrected chi connectivity index (χ2v) is 9.99. The first-order chi connectivity index (χ1) is 14.6. The lowest BCUT2D eigenvalue weighted by molar-refractivity contribution is 0.0697. The third-order valence-corrected chi connectivity index (χ3v) is 6.83. The van der Waals surface area contributed by atoms with Gasteiger partial charge in [0.2, 0.25) is 0 Å². The maximum absolute atomic E-state index is 11.2. The average molecular weight is 415 g/mol. The van der Waals surface area contributed by atoms with Gasteiger partial charge in [0.1, 0.15) is 0 Å². The highest BCUT2D eigenvalue weighted by Crippen LogP contribution is 2.47. The number of benzene rings is 3. The summed E-state index contributed by atoms with van der Waals surface area (Å²) in [5, 5.41) is 19.0. The number of aliphatic hydroxyl groups excluding tert-OH is 1. The largest absolute Gasteiger partial charge is 0.478 e. The van der Waals surface area contributed by atoms with Crippen molar-refractivity contribution in [1.82, 2.24) is 0 Å². The van der Waals surface area contributed by atoms with Gasteiger partial charge in [-0.05, 0) is 92.9 Å². The van der Waals surface area contributed by atoms with E-state index in [1.165, 1.54) is 17.5 Å². The lowest BCUT2D eigenvalue weighted by atomic mass is 9.63. The molecule has 3 heteroatoms. The number of carboxylic acids is 1. The van der Waals surface area contributed by atoms with Crippen LogP contribution in [0.5, 0.6) is 0 Å². The molecule has 4 rings (SSSR count). The van der Waals surface area contributed by atoms with E-state index in [1.807, 2.05) is 24.3 Å². The van der Waals surface area contributed by atoms with Gasteiger partial charge in [0.05, 0.1) is 12.2 Å². The van der Waals surface area contributed by atoms with Crippen molar-refractivity contribution in [1.29, 1.82) is 0 Å². The lowest BCUT2D eigenvalue weighted by Gasteiger charge is -2.42. The molecule has 0 spiro atoms. The fourth-order valence-electron chi connectivity index (χ4n) is 4.69. The summed E-state index contributed by atoms with van der Waals surface area (Å²) < 4.78 is 0. The summed E-state index contributed by atoms with van der Waals surface area (Å²) in [6, 6.07) is 19.8. The van der Waals surface area contributed by atoms with Gasteiger partial charge in [-0.3, -0.25) is 0 Å². The molecule has 0 aromatic heterocycles. The Balaban J connectivity index is 1.82. The summed E-state index contributed by atoms with van der Waals surface area (Å²) in [7, 11) is 0. The fourth-order valence-corrected chi connectivity index (χ4v) is 4.69. The van der Waals surface area contributed by atoms with E-state index < -0.39 is 5.97 Å². The van der Waals surface area contributed by atoms with Crippen molar-refractivity contribution >= 4 is 5.97 Å². The molecule has 2 N–H and O–H groups in total. The molecule has 0 heterocycles. The predicted octanol–water partition coefficient (Wildman–Crippen LogP) is 6.56. The predicted molar refractivity (Wildman–Crippen MR) is 125 cm³/mol. The summed E-state index contributed by atoms with van der Waals surface area (Å²) in [5.74, 6) is -0.934. The Hall–Kier alpha value is -2.91. The van der Waals surface area contributed by atoms with Gasteiger partial charge in [-0.1, -0.05) is 58.0 Å². The molecular formula is C28H30O3. The Bertz CT molecular complexity index is 1140. The molecule has 3 aromatic rings. The Morgan fingerprint density at radius 3 is 1.87 bits per heavy atom. The van der Waals surface area contributed by atoms with E-state index >= 15 is 0 Å². The number of fused-ring (bicyclic) bond motifs is 1. The maximum atomic E-state index is 11.2. The van der Waals surface area contributed by atoms with Crippen LogP contribution in [0, 0.1) is 0 Å². The quantitative estimate of drug-likeness (QED) is 0.508. The van der Waals surface area contributed by atoms with E-state index in [0.29, 0.717) is 0 Å². The molecule has 0 bridgehead atoms. The lowest BCUT2D eigenvalue weighted by Crippen LogP contribution is -2.33. The third kappa shape index (κ3) is 4.03. The number of carbonyl (C=O) groups is 1. The van der Waals surface area contributed by atoms with E-state index in [1.54, 1.807) is 12.1 Å². The van der Waals surface area contributed by atoms with Crippen LogP contribution < -0.4 is 0 Å². The van der Waals surface area contributed by atoms with Crippen molar-refractivity contribution in [2.45, 2.75) is 58.0 Å². The zero-order valence-electron chi connectivity index (χ0n) is 18.7. The summed E-state index contributed by atoms with van der Waals surface area (Å²) in [4.78, 5) is 11.2. The van der Waals surface area contributed by atoms with Crippen LogP contribution in [0.4, 0.5) is 0 Å². The molecule has 0 amide bonds. The Kier molecular flexibility index (Phi) is 5.26. The van der Waals surface area contributed by atoms with Gasteiger partial charge in [-0.15, -0.1) is 0 Å². The van der Waals surface area contributed by atoms with Gasteiger partial charge < -0.3 is 10.2 Å². The molecule has 0 saturated heterocycles. The minimum Gasteiger partial charge on any atom is -0.478 e. The maximum Gasteiger partial charge on any atom is 0.335 e. The van der Waals surface area contributed by atoms with Gasteiger partial charge in [-0.25, -0.2) is 4.79 Å². The molecule has 160 valence electrons. The number of aliphatic hydroxyl groups is 1. The van der Waals surface area contributed by atoms with Crippen molar-refractivity contribution in [3.8, 4) is 22.3 Å². The van der Waals surface area contributed by atoms with E-state index in [2.05, 4.69) is 52.0 Å². The molecule has 0 unspecified atom stereocenters. The van der Waals surface area contributed by atoms with Crippen molar-refractivity contribution in [2.24, 2.45) is 0 Å². The Morgan fingerprint density at radius 2 is 1.29 bits per heavy atom. The molecule has 3 nitrogen and oxygen atoms in total. The average Bonchev–Trinajstić information content (AvgIpc) is 2.76. The molecule has 0 fully saturated rings. The van der Waals surface area contributed by atoms with Gasteiger partial charge in [0.25, 0.3) is 0 Å². The highest BCUT2D eigenvalue weighted by atomic mass is 16.4. The van der Waals surface area contributed by atoms with Gasteiger partial charge in [0, 0.05) is 0 Å². The fraction of sp³-hybridized carbons (Fsp3) is 0.321. The number of rotatable bonds is 4. The minimum absolute atomic E-state index is 0.0441. The van der Waals surface area contributed by atoms with E-state index in [0.717, 1.165) is 34.2 Å². The molecule has 0 saturated carbocycles. The summed E-state index contributed by atoms with van der Waals surface area (Å²) in [5.41, 5.74) is 8.34. The monoisotopic (exact) mass is 414 g/mol. The van der Waals surface area contributed by atoms with Crippen LogP contribution in [-0.2, 0) is 17.4 Å². The van der Waals surface area contributed by atoms with Crippen molar-refractivity contribution in [3.63, 3.8) is 0 Å². The van der Waals surface area contributed by atoms with Crippen LogP contribution in [-0.4, -0.2) is 16.2 Å². The first-order valence-electron chi connectivity index (χ1n) is 10.8. The van der Waals surface area contributed by atoms with Gasteiger partial charge in [-0.2, -0.15) is 0 Å². The minimum atomic E-state index is -0.934. The summed E-state index contributed by atoms with van der Waals surface area (Å²) >= 11 is 0. The summed E-state index contributed by atoms with van der Waals surface area (Å²) in [6.07, 6.45) is 2.34. The third-order valence-electron chi connectivity index (χ3n) is 6.83. The standard InChI is InChI=1S/C28H30O3/c1-27(2)11-12-28(3,4)25-16-21(9-10-24(25)27)23-14-18(17-29)13-22(15-23)19-5-7-20(8-6-19)26(30)31/h5-10,13-16,29H,11-12,17H2,1-4H3,(H,30,31). The van der Waals surface area contributed by atoms with E-state index in [-0.39, 0.29) is 23.0 Å². The zero-order valence-corrected chi connectivity index (χ0v) is 18.7.